The summed E-state index contributed by atoms with van der Waals surface area (Å²) in [6.07, 6.45) is 0. The summed E-state index contributed by atoms with van der Waals surface area (Å²) in [5, 5.41) is 19.7. The van der Waals surface area contributed by atoms with Gasteiger partial charge in [0.2, 0.25) is 0 Å². The average Bonchev–Trinajstić information content (AvgIpc) is 2.40. The van der Waals surface area contributed by atoms with Crippen molar-refractivity contribution in [1.82, 2.24) is 4.90 Å². The molecule has 20 heavy (non-hydrogen) atoms. The van der Waals surface area contributed by atoms with Crippen molar-refractivity contribution in [3.63, 3.8) is 0 Å². The first-order chi connectivity index (χ1) is 9.49. The summed E-state index contributed by atoms with van der Waals surface area (Å²) in [5.74, 6) is -0.302. The van der Waals surface area contributed by atoms with Gasteiger partial charge in [-0.15, -0.1) is 10.1 Å². The minimum Gasteiger partial charge on any atom is -0.472 e. The van der Waals surface area contributed by atoms with Crippen LogP contribution in [0.5, 0.6) is 5.75 Å². The Morgan fingerprint density at radius 1 is 1.35 bits per heavy atom. The normalized spacial score (nSPS) is 13.4. The van der Waals surface area contributed by atoms with Crippen LogP contribution >= 0.6 is 0 Å². The summed E-state index contributed by atoms with van der Waals surface area (Å²) in [6, 6.07) is 3.64. The predicted molar refractivity (Wildman–Crippen MR) is 62.6 cm³/mol. The van der Waals surface area contributed by atoms with Crippen LogP contribution in [0, 0.1) is 20.2 Å². The van der Waals surface area contributed by atoms with Crippen molar-refractivity contribution in [2.45, 2.75) is 0 Å². The van der Waals surface area contributed by atoms with Gasteiger partial charge in [-0.25, -0.2) is 0 Å². The Kier molecular flexibility index (Phi) is 3.64. The Morgan fingerprint density at radius 2 is 2.10 bits per heavy atom. The summed E-state index contributed by atoms with van der Waals surface area (Å²) >= 11 is 0. The van der Waals surface area contributed by atoms with Crippen LogP contribution in [0.1, 0.15) is 10.4 Å². The molecule has 0 unspecified atom stereocenters. The third-order valence-electron chi connectivity index (χ3n) is 2.63. The molecule has 1 amide bonds. The highest BCUT2D eigenvalue weighted by molar-refractivity contribution is 5.98. The highest BCUT2D eigenvalue weighted by Gasteiger charge is 2.27. The lowest BCUT2D eigenvalue weighted by molar-refractivity contribution is -0.757. The zero-order valence-electron chi connectivity index (χ0n) is 10.1. The second kappa shape index (κ2) is 5.38. The Morgan fingerprint density at radius 3 is 2.75 bits per heavy atom. The fourth-order valence-electron chi connectivity index (χ4n) is 1.69. The van der Waals surface area contributed by atoms with E-state index in [9.17, 15) is 25.0 Å². The Hall–Kier alpha value is -2.91. The quantitative estimate of drug-likeness (QED) is 0.572. The molecule has 10 nitrogen and oxygen atoms in total. The van der Waals surface area contributed by atoms with Crippen molar-refractivity contribution in [2.24, 2.45) is 0 Å². The minimum absolute atomic E-state index is 0.0176. The van der Waals surface area contributed by atoms with Crippen LogP contribution in [-0.2, 0) is 4.84 Å². The van der Waals surface area contributed by atoms with Crippen LogP contribution in [0.2, 0.25) is 0 Å². The van der Waals surface area contributed by atoms with Crippen LogP contribution in [0.15, 0.2) is 18.2 Å². The van der Waals surface area contributed by atoms with E-state index in [2.05, 4.69) is 4.84 Å². The van der Waals surface area contributed by atoms with Crippen molar-refractivity contribution < 1.29 is 24.4 Å². The SMILES string of the molecule is O=C1c2ccc([N+](=O)[O-])cc2OCN1CCO[N+](=O)[O-]. The number of carbonyl (C=O) groups excluding carboxylic acids is 1. The molecule has 0 saturated heterocycles. The Bertz CT molecular complexity index is 574. The number of nitrogens with zero attached hydrogens (tertiary/aromatic N) is 3. The van der Waals surface area contributed by atoms with Gasteiger partial charge >= 0.3 is 0 Å². The Balaban J connectivity index is 2.09. The molecule has 1 aliphatic rings. The molecule has 1 heterocycles. The molecule has 2 rings (SSSR count). The van der Waals surface area contributed by atoms with Crippen molar-refractivity contribution in [3.05, 3.63) is 44.0 Å². The first kappa shape index (κ1) is 13.5. The molecule has 1 aliphatic heterocycles. The number of hydrogen-bond donors (Lipinski definition) is 0. The number of fused-ring (bicyclic) bond motifs is 1. The maximum Gasteiger partial charge on any atom is 0.294 e. The highest BCUT2D eigenvalue weighted by Crippen LogP contribution is 2.28. The van der Waals surface area contributed by atoms with E-state index in [-0.39, 0.29) is 36.9 Å². The maximum atomic E-state index is 12.0. The number of amides is 1. The molecule has 0 aromatic heterocycles. The molecule has 0 atom stereocenters. The zero-order chi connectivity index (χ0) is 14.7. The van der Waals surface area contributed by atoms with E-state index < -0.39 is 15.9 Å². The summed E-state index contributed by atoms with van der Waals surface area (Å²) in [6.45, 7) is -0.436. The van der Waals surface area contributed by atoms with Gasteiger partial charge in [-0.1, -0.05) is 0 Å². The number of non-ortho nitro benzene ring substituents is 1. The number of hydrogen-bond acceptors (Lipinski definition) is 7. The monoisotopic (exact) mass is 283 g/mol. The molecular formula is C10H9N3O7. The smallest absolute Gasteiger partial charge is 0.294 e. The minimum atomic E-state index is -0.952. The number of carbonyl (C=O) groups is 1. The van der Waals surface area contributed by atoms with E-state index in [1.807, 2.05) is 0 Å². The second-order valence-electron chi connectivity index (χ2n) is 3.84. The summed E-state index contributed by atoms with van der Waals surface area (Å²) in [4.78, 5) is 37.4. The van der Waals surface area contributed by atoms with Gasteiger partial charge in [-0.05, 0) is 6.07 Å². The third-order valence-corrected chi connectivity index (χ3v) is 2.63. The van der Waals surface area contributed by atoms with Crippen molar-refractivity contribution in [2.75, 3.05) is 19.9 Å². The molecule has 0 N–H and O–H groups in total. The van der Waals surface area contributed by atoms with E-state index in [1.165, 1.54) is 17.0 Å². The van der Waals surface area contributed by atoms with Gasteiger partial charge in [0.25, 0.3) is 16.7 Å². The number of nitro groups is 1. The van der Waals surface area contributed by atoms with Gasteiger partial charge in [0.05, 0.1) is 16.6 Å². The number of ether oxygens (including phenoxy) is 1. The molecule has 1 aromatic rings. The first-order valence-electron chi connectivity index (χ1n) is 5.47. The summed E-state index contributed by atoms with van der Waals surface area (Å²) in [5.41, 5.74) is -0.00959. The van der Waals surface area contributed by atoms with E-state index in [0.29, 0.717) is 0 Å². The van der Waals surface area contributed by atoms with Gasteiger partial charge in [0.1, 0.15) is 12.4 Å². The first-order valence-corrected chi connectivity index (χ1v) is 5.47. The standard InChI is InChI=1S/C10H9N3O7/c14-10-8-2-1-7(12(15)16)5-9(8)19-6-11(10)3-4-20-13(17)18/h1-2,5H,3-4,6H2. The number of benzene rings is 1. The molecule has 0 bridgehead atoms. The topological polar surface area (TPSA) is 125 Å². The molecule has 106 valence electrons. The average molecular weight is 283 g/mol. The lowest BCUT2D eigenvalue weighted by Crippen LogP contribution is -2.40. The molecule has 1 aromatic carbocycles. The molecular weight excluding hydrogens is 274 g/mol. The Labute approximate surface area is 111 Å². The lowest BCUT2D eigenvalue weighted by atomic mass is 10.1. The van der Waals surface area contributed by atoms with E-state index >= 15 is 0 Å². The largest absolute Gasteiger partial charge is 0.472 e. The fourth-order valence-corrected chi connectivity index (χ4v) is 1.69. The fraction of sp³-hybridized carbons (Fsp3) is 0.300. The summed E-state index contributed by atoms with van der Waals surface area (Å²) < 4.78 is 5.23. The van der Waals surface area contributed by atoms with E-state index in [1.54, 1.807) is 0 Å². The highest BCUT2D eigenvalue weighted by atomic mass is 16.9. The van der Waals surface area contributed by atoms with Crippen molar-refractivity contribution in [3.8, 4) is 5.75 Å². The maximum absolute atomic E-state index is 12.0. The lowest BCUT2D eigenvalue weighted by Gasteiger charge is -2.28. The zero-order valence-corrected chi connectivity index (χ0v) is 10.1. The number of rotatable bonds is 5. The number of nitro benzene ring substituents is 1. The third kappa shape index (κ3) is 2.74. The molecule has 0 spiro atoms. The molecule has 0 radical (unpaired) electrons. The molecule has 0 aliphatic carbocycles. The van der Waals surface area contributed by atoms with Gasteiger partial charge in [-0.3, -0.25) is 14.9 Å². The van der Waals surface area contributed by atoms with Crippen LogP contribution in [0.25, 0.3) is 0 Å². The van der Waals surface area contributed by atoms with E-state index in [4.69, 9.17) is 4.74 Å². The van der Waals surface area contributed by atoms with Crippen LogP contribution in [0.4, 0.5) is 5.69 Å². The van der Waals surface area contributed by atoms with Gasteiger partial charge in [0, 0.05) is 12.6 Å². The van der Waals surface area contributed by atoms with Gasteiger partial charge in [0.15, 0.2) is 6.73 Å². The van der Waals surface area contributed by atoms with Gasteiger partial charge in [-0.2, -0.15) is 0 Å². The molecule has 0 saturated carbocycles. The van der Waals surface area contributed by atoms with Crippen LogP contribution in [-0.4, -0.2) is 40.7 Å². The van der Waals surface area contributed by atoms with Crippen LogP contribution in [0.3, 0.4) is 0 Å². The molecule has 0 fully saturated rings. The van der Waals surface area contributed by atoms with Gasteiger partial charge < -0.3 is 14.5 Å². The molecule has 10 heteroatoms. The van der Waals surface area contributed by atoms with Crippen molar-refractivity contribution >= 4 is 11.6 Å². The van der Waals surface area contributed by atoms with Crippen molar-refractivity contribution in [1.29, 1.82) is 0 Å². The van der Waals surface area contributed by atoms with Crippen LogP contribution < -0.4 is 4.74 Å². The second-order valence-corrected chi connectivity index (χ2v) is 3.84. The summed E-state index contributed by atoms with van der Waals surface area (Å²) in [7, 11) is 0. The predicted octanol–water partition coefficient (Wildman–Crippen LogP) is 0.595. The van der Waals surface area contributed by atoms with E-state index in [0.717, 1.165) is 6.07 Å².